The molecule has 0 atom stereocenters. The lowest BCUT2D eigenvalue weighted by Gasteiger charge is -2.10. The number of rotatable bonds is 2. The van der Waals surface area contributed by atoms with Gasteiger partial charge in [0.25, 0.3) is 5.56 Å². The van der Waals surface area contributed by atoms with Crippen LogP contribution in [0, 0.1) is 25.2 Å². The number of nitrogens with zero attached hydrogens (tertiary/aromatic N) is 3. The first-order valence-electron chi connectivity index (χ1n) is 6.53. The monoisotopic (exact) mass is 297 g/mol. The second kappa shape index (κ2) is 5.74. The predicted octanol–water partition coefficient (Wildman–Crippen LogP) is 2.04. The largest absolute Gasteiger partial charge is 0.508 e. The molecule has 0 amide bonds. The maximum absolute atomic E-state index is 11.9. The molecule has 2 N–H and O–H groups in total. The van der Waals surface area contributed by atoms with Crippen LogP contribution >= 0.6 is 0 Å². The summed E-state index contributed by atoms with van der Waals surface area (Å²) in [6.45, 7) is 3.38. The van der Waals surface area contributed by atoms with E-state index in [-0.39, 0.29) is 17.2 Å². The minimum atomic E-state index is -0.546. The molecule has 0 bridgehead atoms. The van der Waals surface area contributed by atoms with Crippen LogP contribution in [-0.2, 0) is 7.05 Å². The van der Waals surface area contributed by atoms with Crippen molar-refractivity contribution in [1.29, 1.82) is 5.26 Å². The molecule has 0 aliphatic heterocycles. The van der Waals surface area contributed by atoms with Crippen LogP contribution in [0.25, 0.3) is 0 Å². The van der Waals surface area contributed by atoms with Gasteiger partial charge in [0.05, 0.1) is 11.3 Å². The quantitative estimate of drug-likeness (QED) is 0.828. The zero-order valence-electron chi connectivity index (χ0n) is 12.5. The Hall–Kier alpha value is -3.07. The van der Waals surface area contributed by atoms with Gasteiger partial charge in [0, 0.05) is 13.3 Å². The Morgan fingerprint density at radius 2 is 2.00 bits per heavy atom. The first kappa shape index (κ1) is 15.3. The summed E-state index contributed by atoms with van der Waals surface area (Å²) in [6.07, 6.45) is 1.41. The highest BCUT2D eigenvalue weighted by Gasteiger charge is 2.15. The number of hydrogen-bond donors (Lipinski definition) is 2. The van der Waals surface area contributed by atoms with Gasteiger partial charge in [-0.3, -0.25) is 14.4 Å². The third kappa shape index (κ3) is 2.56. The summed E-state index contributed by atoms with van der Waals surface area (Å²) in [6, 6.07) is 6.57. The van der Waals surface area contributed by atoms with Crippen LogP contribution < -0.4 is 5.56 Å². The molecule has 1 aromatic carbocycles. The van der Waals surface area contributed by atoms with Crippen LogP contribution in [0.2, 0.25) is 0 Å². The van der Waals surface area contributed by atoms with Crippen LogP contribution in [0.3, 0.4) is 0 Å². The third-order valence-corrected chi connectivity index (χ3v) is 3.48. The van der Waals surface area contributed by atoms with Gasteiger partial charge < -0.3 is 10.2 Å². The van der Waals surface area contributed by atoms with Crippen molar-refractivity contribution in [3.8, 4) is 17.7 Å². The van der Waals surface area contributed by atoms with Crippen molar-refractivity contribution < 1.29 is 10.2 Å². The number of hydrogen-bond acceptors (Lipinski definition) is 5. The van der Waals surface area contributed by atoms with E-state index >= 15 is 0 Å². The number of aromatic nitrogens is 1. The summed E-state index contributed by atoms with van der Waals surface area (Å²) in [5.41, 5.74) is 1.50. The Morgan fingerprint density at radius 1 is 1.32 bits per heavy atom. The van der Waals surface area contributed by atoms with Crippen molar-refractivity contribution >= 4 is 11.9 Å². The molecule has 0 unspecified atom stereocenters. The number of pyridine rings is 1. The Bertz CT molecular complexity index is 874. The van der Waals surface area contributed by atoms with Crippen LogP contribution in [0.1, 0.15) is 22.3 Å². The summed E-state index contributed by atoms with van der Waals surface area (Å²) >= 11 is 0. The van der Waals surface area contributed by atoms with Crippen molar-refractivity contribution in [1.82, 2.24) is 4.57 Å². The summed E-state index contributed by atoms with van der Waals surface area (Å²) in [4.78, 5) is 16.1. The molecule has 0 aliphatic carbocycles. The minimum Gasteiger partial charge on any atom is -0.508 e. The lowest BCUT2D eigenvalue weighted by molar-refractivity contribution is 0.421. The molecule has 0 saturated carbocycles. The first-order chi connectivity index (χ1) is 10.4. The molecule has 112 valence electrons. The summed E-state index contributed by atoms with van der Waals surface area (Å²) in [5.74, 6) is -0.106. The molecule has 6 nitrogen and oxygen atoms in total. The Kier molecular flexibility index (Phi) is 4.00. The normalized spacial score (nSPS) is 10.8. The first-order valence-corrected chi connectivity index (χ1v) is 6.53. The fraction of sp³-hybridized carbons (Fsp3) is 0.188. The van der Waals surface area contributed by atoms with E-state index in [9.17, 15) is 15.0 Å². The Balaban J connectivity index is 2.59. The van der Waals surface area contributed by atoms with Gasteiger partial charge in [-0.05, 0) is 43.2 Å². The fourth-order valence-corrected chi connectivity index (χ4v) is 2.11. The molecule has 0 fully saturated rings. The number of nitriles is 1. The lowest BCUT2D eigenvalue weighted by Crippen LogP contribution is -2.22. The maximum atomic E-state index is 11.9. The summed E-state index contributed by atoms with van der Waals surface area (Å²) in [5, 5.41) is 28.6. The smallest absolute Gasteiger partial charge is 0.271 e. The van der Waals surface area contributed by atoms with Crippen molar-refractivity contribution in [3.05, 3.63) is 50.8 Å². The van der Waals surface area contributed by atoms with E-state index in [1.165, 1.54) is 19.3 Å². The minimum absolute atomic E-state index is 0.0239. The van der Waals surface area contributed by atoms with E-state index in [1.54, 1.807) is 26.0 Å². The van der Waals surface area contributed by atoms with Gasteiger partial charge >= 0.3 is 0 Å². The fourth-order valence-electron chi connectivity index (χ4n) is 2.11. The van der Waals surface area contributed by atoms with E-state index < -0.39 is 5.56 Å². The van der Waals surface area contributed by atoms with E-state index in [4.69, 9.17) is 5.26 Å². The number of aryl methyl sites for hydroxylation is 1. The lowest BCUT2D eigenvalue weighted by atomic mass is 10.1. The molecule has 22 heavy (non-hydrogen) atoms. The molecule has 0 spiro atoms. The predicted molar refractivity (Wildman–Crippen MR) is 82.9 cm³/mol. The Labute approximate surface area is 127 Å². The molecule has 1 heterocycles. The average Bonchev–Trinajstić information content (AvgIpc) is 2.47. The van der Waals surface area contributed by atoms with E-state index in [2.05, 4.69) is 4.99 Å². The van der Waals surface area contributed by atoms with Gasteiger partial charge in [0.15, 0.2) is 0 Å². The molecule has 0 radical (unpaired) electrons. The van der Waals surface area contributed by atoms with Crippen LogP contribution in [-0.4, -0.2) is 21.0 Å². The highest BCUT2D eigenvalue weighted by molar-refractivity contribution is 5.87. The number of aromatic hydroxyl groups is 2. The van der Waals surface area contributed by atoms with Crippen molar-refractivity contribution in [2.75, 3.05) is 0 Å². The third-order valence-electron chi connectivity index (χ3n) is 3.48. The average molecular weight is 297 g/mol. The molecular weight excluding hydrogens is 282 g/mol. The SMILES string of the molecule is Cc1cc(O)ccc1N=Cc1c(C)c(C#N)c(=O)n(C)c1O. The van der Waals surface area contributed by atoms with Crippen molar-refractivity contribution in [2.24, 2.45) is 12.0 Å². The van der Waals surface area contributed by atoms with Crippen molar-refractivity contribution in [3.63, 3.8) is 0 Å². The zero-order valence-corrected chi connectivity index (χ0v) is 12.5. The standard InChI is InChI=1S/C16H15N3O3/c1-9-6-11(20)4-5-14(9)18-8-13-10(2)12(7-17)15(21)19(3)16(13)22/h4-6,8,20,22H,1-3H3. The molecular formula is C16H15N3O3. The molecule has 0 aliphatic rings. The van der Waals surface area contributed by atoms with Crippen LogP contribution in [0.5, 0.6) is 11.6 Å². The van der Waals surface area contributed by atoms with Crippen molar-refractivity contribution in [2.45, 2.75) is 13.8 Å². The topological polar surface area (TPSA) is 98.6 Å². The van der Waals surface area contributed by atoms with Gasteiger partial charge in [-0.25, -0.2) is 0 Å². The number of phenolic OH excluding ortho intramolecular Hbond substituents is 1. The molecule has 1 aromatic heterocycles. The van der Waals surface area contributed by atoms with Crippen LogP contribution in [0.15, 0.2) is 28.0 Å². The number of benzene rings is 1. The molecule has 0 saturated heterocycles. The second-order valence-corrected chi connectivity index (χ2v) is 4.94. The van der Waals surface area contributed by atoms with Gasteiger partial charge in [-0.2, -0.15) is 5.26 Å². The van der Waals surface area contributed by atoms with Crippen LogP contribution in [0.4, 0.5) is 5.69 Å². The molecule has 2 aromatic rings. The van der Waals surface area contributed by atoms with Gasteiger partial charge in [-0.1, -0.05) is 0 Å². The molecule has 6 heteroatoms. The highest BCUT2D eigenvalue weighted by Crippen LogP contribution is 2.24. The van der Waals surface area contributed by atoms with E-state index in [0.29, 0.717) is 16.8 Å². The highest BCUT2D eigenvalue weighted by atomic mass is 16.3. The van der Waals surface area contributed by atoms with E-state index in [1.807, 2.05) is 6.07 Å². The second-order valence-electron chi connectivity index (χ2n) is 4.94. The van der Waals surface area contributed by atoms with Gasteiger partial charge in [0.1, 0.15) is 17.4 Å². The number of phenols is 1. The van der Waals surface area contributed by atoms with Gasteiger partial charge in [0.2, 0.25) is 5.88 Å². The maximum Gasteiger partial charge on any atom is 0.271 e. The molecule has 2 rings (SSSR count). The summed E-state index contributed by atoms with van der Waals surface area (Å²) in [7, 11) is 1.39. The van der Waals surface area contributed by atoms with Gasteiger partial charge in [-0.15, -0.1) is 0 Å². The zero-order chi connectivity index (χ0) is 16.4. The summed E-state index contributed by atoms with van der Waals surface area (Å²) < 4.78 is 1.01. The van der Waals surface area contributed by atoms with E-state index in [0.717, 1.165) is 10.1 Å². The number of aliphatic imine (C=N–C) groups is 1. The Morgan fingerprint density at radius 3 is 2.59 bits per heavy atom.